The van der Waals surface area contributed by atoms with Crippen LogP contribution in [0.3, 0.4) is 0 Å². The van der Waals surface area contributed by atoms with E-state index in [2.05, 4.69) is 43.6 Å². The Kier molecular flexibility index (Phi) is 9.93. The Balaban J connectivity index is 3.15. The molecule has 0 atom stereocenters. The summed E-state index contributed by atoms with van der Waals surface area (Å²) >= 11 is 4.08. The standard InChI is InChI=1S/C10H24N2OS/c1-11(2)5-4-6-12(3)7-8-13-9-10-14/h14H,4-10H2,1-3H3. The first-order valence-electron chi connectivity index (χ1n) is 5.18. The second-order valence-electron chi connectivity index (χ2n) is 3.80. The van der Waals surface area contributed by atoms with Gasteiger partial charge in [0.2, 0.25) is 0 Å². The normalized spacial score (nSPS) is 11.6. The zero-order valence-corrected chi connectivity index (χ0v) is 10.6. The smallest absolute Gasteiger partial charge is 0.0593 e. The Morgan fingerprint density at radius 2 is 1.71 bits per heavy atom. The maximum absolute atomic E-state index is 5.35. The fraction of sp³-hybridized carbons (Fsp3) is 1.00. The van der Waals surface area contributed by atoms with Crippen LogP contribution in [0, 0.1) is 0 Å². The van der Waals surface area contributed by atoms with Crippen LogP contribution in [0.25, 0.3) is 0 Å². The van der Waals surface area contributed by atoms with Crippen molar-refractivity contribution in [2.75, 3.05) is 59.7 Å². The lowest BCUT2D eigenvalue weighted by Gasteiger charge is -2.17. The fourth-order valence-corrected chi connectivity index (χ4v) is 1.28. The molecule has 0 spiro atoms. The van der Waals surface area contributed by atoms with Crippen LogP contribution in [0.2, 0.25) is 0 Å². The molecule has 0 N–H and O–H groups in total. The highest BCUT2D eigenvalue weighted by Gasteiger charge is 1.98. The van der Waals surface area contributed by atoms with Gasteiger partial charge in [0.05, 0.1) is 13.2 Å². The third-order valence-electron chi connectivity index (χ3n) is 2.00. The lowest BCUT2D eigenvalue weighted by molar-refractivity contribution is 0.123. The minimum atomic E-state index is 0.759. The molecule has 4 heteroatoms. The van der Waals surface area contributed by atoms with Gasteiger partial charge in [-0.3, -0.25) is 0 Å². The van der Waals surface area contributed by atoms with E-state index in [4.69, 9.17) is 4.74 Å². The van der Waals surface area contributed by atoms with Gasteiger partial charge in [-0.25, -0.2) is 0 Å². The number of ether oxygens (including phenoxy) is 1. The van der Waals surface area contributed by atoms with Crippen molar-refractivity contribution in [2.24, 2.45) is 0 Å². The molecule has 0 aliphatic carbocycles. The topological polar surface area (TPSA) is 15.7 Å². The average Bonchev–Trinajstić information content (AvgIpc) is 2.12. The molecule has 0 aromatic carbocycles. The molecule has 0 aliphatic heterocycles. The summed E-state index contributed by atoms with van der Waals surface area (Å²) < 4.78 is 5.35. The molecular formula is C10H24N2OS. The van der Waals surface area contributed by atoms with E-state index in [0.29, 0.717) is 0 Å². The lowest BCUT2D eigenvalue weighted by Crippen LogP contribution is -2.27. The van der Waals surface area contributed by atoms with Crippen LogP contribution >= 0.6 is 12.6 Å². The third-order valence-corrected chi connectivity index (χ3v) is 2.18. The quantitative estimate of drug-likeness (QED) is 0.457. The van der Waals surface area contributed by atoms with Crippen molar-refractivity contribution in [3.8, 4) is 0 Å². The summed E-state index contributed by atoms with van der Waals surface area (Å²) in [7, 11) is 6.35. The van der Waals surface area contributed by atoms with E-state index in [1.54, 1.807) is 0 Å². The second-order valence-corrected chi connectivity index (χ2v) is 4.24. The number of hydrogen-bond donors (Lipinski definition) is 1. The van der Waals surface area contributed by atoms with Crippen LogP contribution in [0.1, 0.15) is 6.42 Å². The van der Waals surface area contributed by atoms with Crippen molar-refractivity contribution < 1.29 is 4.74 Å². The Morgan fingerprint density at radius 3 is 2.29 bits per heavy atom. The zero-order chi connectivity index (χ0) is 10.8. The molecule has 86 valence electrons. The highest BCUT2D eigenvalue weighted by atomic mass is 32.1. The molecule has 0 fully saturated rings. The third kappa shape index (κ3) is 10.3. The van der Waals surface area contributed by atoms with E-state index < -0.39 is 0 Å². The molecule has 0 aliphatic rings. The van der Waals surface area contributed by atoms with Crippen molar-refractivity contribution in [2.45, 2.75) is 6.42 Å². The monoisotopic (exact) mass is 220 g/mol. The summed E-state index contributed by atoms with van der Waals surface area (Å²) in [5.74, 6) is 0.810. The van der Waals surface area contributed by atoms with Gasteiger partial charge in [0, 0.05) is 12.3 Å². The Labute approximate surface area is 93.8 Å². The molecule has 14 heavy (non-hydrogen) atoms. The van der Waals surface area contributed by atoms with Crippen molar-refractivity contribution in [1.82, 2.24) is 9.80 Å². The van der Waals surface area contributed by atoms with Crippen molar-refractivity contribution >= 4 is 12.6 Å². The van der Waals surface area contributed by atoms with Gasteiger partial charge in [-0.1, -0.05) is 0 Å². The minimum Gasteiger partial charge on any atom is -0.379 e. The predicted octanol–water partition coefficient (Wildman–Crippen LogP) is 0.816. The molecule has 0 unspecified atom stereocenters. The van der Waals surface area contributed by atoms with Gasteiger partial charge in [0.15, 0.2) is 0 Å². The van der Waals surface area contributed by atoms with E-state index in [1.165, 1.54) is 6.42 Å². The number of likely N-dealkylation sites (N-methyl/N-ethyl adjacent to an activating group) is 1. The highest BCUT2D eigenvalue weighted by Crippen LogP contribution is 1.89. The average molecular weight is 220 g/mol. The molecule has 0 amide bonds. The Morgan fingerprint density at radius 1 is 1.00 bits per heavy atom. The summed E-state index contributed by atoms with van der Waals surface area (Å²) in [6, 6.07) is 0. The Bertz CT molecular complexity index is 123. The SMILES string of the molecule is CN(C)CCCN(C)CCOCCS. The molecule has 0 bridgehead atoms. The molecule has 0 aromatic rings. The van der Waals surface area contributed by atoms with Crippen LogP contribution in [0.5, 0.6) is 0 Å². The maximum Gasteiger partial charge on any atom is 0.0593 e. The number of rotatable bonds is 9. The van der Waals surface area contributed by atoms with Crippen molar-refractivity contribution in [3.05, 3.63) is 0 Å². The molecular weight excluding hydrogens is 196 g/mol. The molecule has 0 radical (unpaired) electrons. The molecule has 0 heterocycles. The highest BCUT2D eigenvalue weighted by molar-refractivity contribution is 7.80. The molecule has 0 saturated carbocycles. The van der Waals surface area contributed by atoms with Gasteiger partial charge in [-0.05, 0) is 40.7 Å². The summed E-state index contributed by atoms with van der Waals surface area (Å²) in [6.45, 7) is 4.89. The summed E-state index contributed by atoms with van der Waals surface area (Å²) in [6.07, 6.45) is 1.22. The molecule has 0 rings (SSSR count). The van der Waals surface area contributed by atoms with E-state index in [0.717, 1.165) is 38.6 Å². The van der Waals surface area contributed by atoms with Gasteiger partial charge in [-0.2, -0.15) is 12.6 Å². The number of nitrogens with zero attached hydrogens (tertiary/aromatic N) is 2. The van der Waals surface area contributed by atoms with Crippen LogP contribution in [-0.2, 0) is 4.74 Å². The summed E-state index contributed by atoms with van der Waals surface area (Å²) in [4.78, 5) is 4.52. The maximum atomic E-state index is 5.35. The largest absolute Gasteiger partial charge is 0.379 e. The van der Waals surface area contributed by atoms with E-state index in [-0.39, 0.29) is 0 Å². The van der Waals surface area contributed by atoms with Crippen LogP contribution < -0.4 is 0 Å². The molecule has 0 aromatic heterocycles. The van der Waals surface area contributed by atoms with Crippen molar-refractivity contribution in [3.63, 3.8) is 0 Å². The van der Waals surface area contributed by atoms with E-state index in [1.807, 2.05) is 0 Å². The number of hydrogen-bond acceptors (Lipinski definition) is 4. The van der Waals surface area contributed by atoms with E-state index >= 15 is 0 Å². The van der Waals surface area contributed by atoms with Gasteiger partial charge in [0.25, 0.3) is 0 Å². The van der Waals surface area contributed by atoms with Gasteiger partial charge in [-0.15, -0.1) is 0 Å². The first-order chi connectivity index (χ1) is 6.66. The Hall–Kier alpha value is 0.230. The lowest BCUT2D eigenvalue weighted by atomic mass is 10.4. The summed E-state index contributed by atoms with van der Waals surface area (Å²) in [5.41, 5.74) is 0. The zero-order valence-electron chi connectivity index (χ0n) is 9.70. The van der Waals surface area contributed by atoms with Crippen molar-refractivity contribution in [1.29, 1.82) is 0 Å². The van der Waals surface area contributed by atoms with Gasteiger partial charge >= 0.3 is 0 Å². The minimum absolute atomic E-state index is 0.759. The van der Waals surface area contributed by atoms with Gasteiger partial charge < -0.3 is 14.5 Å². The van der Waals surface area contributed by atoms with Crippen LogP contribution in [0.15, 0.2) is 0 Å². The van der Waals surface area contributed by atoms with Crippen LogP contribution in [0.4, 0.5) is 0 Å². The second kappa shape index (κ2) is 9.77. The first-order valence-corrected chi connectivity index (χ1v) is 5.82. The molecule has 0 saturated heterocycles. The van der Waals surface area contributed by atoms with E-state index in [9.17, 15) is 0 Å². The molecule has 3 nitrogen and oxygen atoms in total. The predicted molar refractivity (Wildman–Crippen MR) is 65.3 cm³/mol. The number of thiol groups is 1. The fourth-order valence-electron chi connectivity index (χ4n) is 1.16. The van der Waals surface area contributed by atoms with Gasteiger partial charge in [0.1, 0.15) is 0 Å². The van der Waals surface area contributed by atoms with Crippen LogP contribution in [-0.4, -0.2) is 69.5 Å². The summed E-state index contributed by atoms with van der Waals surface area (Å²) in [5, 5.41) is 0. The first kappa shape index (κ1) is 14.2.